The fraction of sp³-hybridized carbons (Fsp3) is 0.667. The molecule has 0 aromatic heterocycles. The van der Waals surface area contributed by atoms with Crippen LogP contribution < -0.4 is 9.47 Å². The smallest absolute Gasteiger partial charge is 0.199 e. The molecule has 1 fully saturated rings. The van der Waals surface area contributed by atoms with Gasteiger partial charge in [0.25, 0.3) is 0 Å². The van der Waals surface area contributed by atoms with Gasteiger partial charge in [0.15, 0.2) is 13.1 Å². The van der Waals surface area contributed by atoms with Gasteiger partial charge in [-0.1, -0.05) is 31.3 Å². The van der Waals surface area contributed by atoms with Crippen LogP contribution in [0.2, 0.25) is 25.7 Å². The number of benzene rings is 1. The summed E-state index contributed by atoms with van der Waals surface area (Å²) in [4.78, 5) is 0. The van der Waals surface area contributed by atoms with Crippen molar-refractivity contribution in [2.24, 2.45) is 0 Å². The third-order valence-corrected chi connectivity index (χ3v) is 7.56. The zero-order valence-electron chi connectivity index (χ0n) is 19.6. The van der Waals surface area contributed by atoms with Crippen molar-refractivity contribution in [3.63, 3.8) is 0 Å². The van der Waals surface area contributed by atoms with Crippen LogP contribution in [-0.4, -0.2) is 40.3 Å². The van der Waals surface area contributed by atoms with Gasteiger partial charge in [0.05, 0.1) is 6.61 Å². The second-order valence-corrected chi connectivity index (χ2v) is 15.3. The number of halogens is 1. The molecule has 1 aromatic carbocycles. The third-order valence-electron chi connectivity index (χ3n) is 5.43. The maximum atomic E-state index is 6.23. The van der Waals surface area contributed by atoms with E-state index in [4.69, 9.17) is 30.5 Å². The second-order valence-electron chi connectivity index (χ2n) is 9.40. The molecule has 2 rings (SSSR count). The second kappa shape index (κ2) is 12.1. The molecule has 4 nitrogen and oxygen atoms in total. The monoisotopic (exact) mass is 454 g/mol. The maximum Gasteiger partial charge on any atom is 0.199 e. The Morgan fingerprint density at radius 1 is 1.23 bits per heavy atom. The maximum absolute atomic E-state index is 6.23. The highest BCUT2D eigenvalue weighted by molar-refractivity contribution is 6.76. The average molecular weight is 455 g/mol. The average Bonchev–Trinajstić information content (AvgIpc) is 2.71. The lowest BCUT2D eigenvalue weighted by atomic mass is 10.00. The molecule has 1 heterocycles. The summed E-state index contributed by atoms with van der Waals surface area (Å²) < 4.78 is 23.9. The van der Waals surface area contributed by atoms with Gasteiger partial charge in [-0.05, 0) is 63.3 Å². The molecule has 0 N–H and O–H groups in total. The van der Waals surface area contributed by atoms with E-state index >= 15 is 0 Å². The van der Waals surface area contributed by atoms with E-state index in [1.165, 1.54) is 0 Å². The Bertz CT molecular complexity index is 706. The predicted octanol–water partition coefficient (Wildman–Crippen LogP) is 6.63. The first-order chi connectivity index (χ1) is 14.2. The normalized spacial score (nSPS) is 17.8. The molecule has 30 heavy (non-hydrogen) atoms. The number of rotatable bonds is 11. The highest BCUT2D eigenvalue weighted by Gasteiger charge is 2.20. The minimum atomic E-state index is -1.11. The Hall–Kier alpha value is -1.01. The summed E-state index contributed by atoms with van der Waals surface area (Å²) in [7, 11) is -1.11. The van der Waals surface area contributed by atoms with Crippen molar-refractivity contribution in [2.75, 3.05) is 25.9 Å². The summed E-state index contributed by atoms with van der Waals surface area (Å²) >= 11 is 5.97. The summed E-state index contributed by atoms with van der Waals surface area (Å²) in [5, 5.41) is 0. The molecular weight excluding hydrogens is 416 g/mol. The molecule has 0 aliphatic carbocycles. The molecule has 1 unspecified atom stereocenters. The minimum absolute atomic E-state index is 0.165. The lowest BCUT2D eigenvalue weighted by molar-refractivity contribution is -0.106. The molecule has 0 spiro atoms. The van der Waals surface area contributed by atoms with Crippen LogP contribution in [-0.2, 0) is 15.9 Å². The first kappa shape index (κ1) is 25.2. The van der Waals surface area contributed by atoms with Gasteiger partial charge in [-0.2, -0.15) is 0 Å². The van der Waals surface area contributed by atoms with Gasteiger partial charge in [-0.3, -0.25) is 0 Å². The third kappa shape index (κ3) is 8.25. The number of ether oxygens (including phenoxy) is 4. The summed E-state index contributed by atoms with van der Waals surface area (Å²) in [6.07, 6.45) is 5.91. The number of allylic oxidation sites excluding steroid dienone is 2. The van der Waals surface area contributed by atoms with Crippen molar-refractivity contribution in [3.8, 4) is 11.5 Å². The largest absolute Gasteiger partial charge is 0.467 e. The zero-order valence-corrected chi connectivity index (χ0v) is 21.4. The van der Waals surface area contributed by atoms with Crippen molar-refractivity contribution in [2.45, 2.75) is 78.4 Å². The molecule has 0 amide bonds. The Balaban J connectivity index is 2.16. The van der Waals surface area contributed by atoms with Gasteiger partial charge in [0.1, 0.15) is 11.5 Å². The summed E-state index contributed by atoms with van der Waals surface area (Å²) in [6.45, 7) is 15.0. The fourth-order valence-electron chi connectivity index (χ4n) is 3.23. The van der Waals surface area contributed by atoms with E-state index in [2.05, 4.69) is 45.6 Å². The summed E-state index contributed by atoms with van der Waals surface area (Å²) in [6, 6.07) is 3.22. The summed E-state index contributed by atoms with van der Waals surface area (Å²) in [5.74, 6) is 2.29. The van der Waals surface area contributed by atoms with Crippen molar-refractivity contribution in [3.05, 3.63) is 34.4 Å². The minimum Gasteiger partial charge on any atom is -0.467 e. The van der Waals surface area contributed by atoms with Crippen LogP contribution in [0.4, 0.5) is 0 Å². The molecule has 1 aliphatic heterocycles. The van der Waals surface area contributed by atoms with E-state index in [-0.39, 0.29) is 13.1 Å². The molecule has 1 aromatic rings. The first-order valence-electron chi connectivity index (χ1n) is 11.0. The Kier molecular flexibility index (Phi) is 10.2. The van der Waals surface area contributed by atoms with Crippen molar-refractivity contribution in [1.82, 2.24) is 0 Å². The van der Waals surface area contributed by atoms with E-state index in [9.17, 15) is 0 Å². The Labute approximate surface area is 188 Å². The highest BCUT2D eigenvalue weighted by atomic mass is 35.5. The summed E-state index contributed by atoms with van der Waals surface area (Å²) in [5.41, 5.74) is 4.40. The molecule has 1 saturated heterocycles. The number of hydrogen-bond acceptors (Lipinski definition) is 4. The van der Waals surface area contributed by atoms with Gasteiger partial charge >= 0.3 is 0 Å². The van der Waals surface area contributed by atoms with Crippen LogP contribution in [0.3, 0.4) is 0 Å². The van der Waals surface area contributed by atoms with Crippen LogP contribution in [0.1, 0.15) is 42.9 Å². The van der Waals surface area contributed by atoms with Gasteiger partial charge in [-0.15, -0.1) is 11.6 Å². The fourth-order valence-corrected chi connectivity index (χ4v) is 4.09. The standard InChI is InChI=1S/C24H39ClO4Si/c1-18(16-25)10-11-21-15-22(29-23-9-7-8-12-27-23)19(2)20(3)24(21)28-17-26-13-14-30(4,5)6/h10,15,23H,7-9,11-14,16-17H2,1-6H3/b18-10+. The molecule has 6 heteroatoms. The molecule has 1 atom stereocenters. The van der Waals surface area contributed by atoms with Crippen LogP contribution in [0.15, 0.2) is 17.7 Å². The van der Waals surface area contributed by atoms with E-state index in [0.717, 1.165) is 78.7 Å². The zero-order chi connectivity index (χ0) is 22.1. The van der Waals surface area contributed by atoms with Gasteiger partial charge in [-0.25, -0.2) is 0 Å². The lowest BCUT2D eigenvalue weighted by Gasteiger charge is -2.26. The molecule has 1 aliphatic rings. The van der Waals surface area contributed by atoms with Crippen molar-refractivity contribution in [1.29, 1.82) is 0 Å². The van der Waals surface area contributed by atoms with E-state index < -0.39 is 8.07 Å². The quantitative estimate of drug-likeness (QED) is 0.124. The SMILES string of the molecule is C/C(=C\Cc1cc(OC2CCCCO2)c(C)c(C)c1OCOCC[Si](C)(C)C)CCl. The number of alkyl halides is 1. The molecular formula is C24H39ClO4Si. The van der Waals surface area contributed by atoms with Gasteiger partial charge in [0.2, 0.25) is 0 Å². The van der Waals surface area contributed by atoms with Crippen LogP contribution in [0, 0.1) is 13.8 Å². The van der Waals surface area contributed by atoms with E-state index in [1.807, 2.05) is 6.92 Å². The Morgan fingerprint density at radius 2 is 2.00 bits per heavy atom. The first-order valence-corrected chi connectivity index (χ1v) is 15.3. The molecule has 170 valence electrons. The van der Waals surface area contributed by atoms with Gasteiger partial charge < -0.3 is 18.9 Å². The molecule has 0 bridgehead atoms. The van der Waals surface area contributed by atoms with Crippen LogP contribution in [0.5, 0.6) is 11.5 Å². The highest BCUT2D eigenvalue weighted by Crippen LogP contribution is 2.35. The lowest BCUT2D eigenvalue weighted by Crippen LogP contribution is -2.25. The van der Waals surface area contributed by atoms with Crippen LogP contribution >= 0.6 is 11.6 Å². The van der Waals surface area contributed by atoms with Crippen molar-refractivity contribution < 1.29 is 18.9 Å². The van der Waals surface area contributed by atoms with Crippen molar-refractivity contribution >= 4 is 19.7 Å². The van der Waals surface area contributed by atoms with E-state index in [1.54, 1.807) is 0 Å². The Morgan fingerprint density at radius 3 is 2.63 bits per heavy atom. The topological polar surface area (TPSA) is 36.9 Å². The van der Waals surface area contributed by atoms with E-state index in [0.29, 0.717) is 5.88 Å². The van der Waals surface area contributed by atoms with Gasteiger partial charge in [0, 0.05) is 32.5 Å². The molecule has 0 saturated carbocycles. The number of hydrogen-bond donors (Lipinski definition) is 0. The predicted molar refractivity (Wildman–Crippen MR) is 128 cm³/mol. The van der Waals surface area contributed by atoms with Crippen LogP contribution in [0.25, 0.3) is 0 Å². The molecule has 0 radical (unpaired) electrons.